The summed E-state index contributed by atoms with van der Waals surface area (Å²) in [7, 11) is 0. The molecule has 0 aliphatic rings. The maximum Gasteiger partial charge on any atom is 0.343 e. The van der Waals surface area contributed by atoms with Gasteiger partial charge in [-0.25, -0.2) is 9.78 Å². The number of carboxylic acid groups (broad SMARTS) is 1. The molecule has 2 aromatic carbocycles. The number of para-hydroxylation sites is 1. The van der Waals surface area contributed by atoms with Gasteiger partial charge in [0.25, 0.3) is 0 Å². The van der Waals surface area contributed by atoms with Crippen LogP contribution >= 0.6 is 0 Å². The highest BCUT2D eigenvalue weighted by Crippen LogP contribution is 2.23. The predicted molar refractivity (Wildman–Crippen MR) is 98.9 cm³/mol. The molecule has 3 aromatic rings. The van der Waals surface area contributed by atoms with Crippen molar-refractivity contribution < 1.29 is 24.1 Å². The molecule has 0 radical (unpaired) electrons. The van der Waals surface area contributed by atoms with Gasteiger partial charge in [-0.3, -0.25) is 0 Å². The summed E-state index contributed by atoms with van der Waals surface area (Å²) in [6.07, 6.45) is 1.54. The fourth-order valence-electron chi connectivity index (χ4n) is 2.26. The van der Waals surface area contributed by atoms with Crippen molar-refractivity contribution in [3.63, 3.8) is 0 Å². The first-order valence-electron chi connectivity index (χ1n) is 8.16. The van der Waals surface area contributed by atoms with E-state index in [0.717, 1.165) is 0 Å². The third-order valence-electron chi connectivity index (χ3n) is 3.47. The molecule has 0 amide bonds. The molecule has 6 nitrogen and oxygen atoms in total. The molecule has 0 bridgehead atoms. The zero-order valence-electron chi connectivity index (χ0n) is 14.3. The zero-order valence-corrected chi connectivity index (χ0v) is 14.3. The number of carbonyl (C=O) groups is 1. The van der Waals surface area contributed by atoms with Crippen LogP contribution in [0.15, 0.2) is 91.0 Å². The monoisotopic (exact) mass is 363 g/mol. The number of carboxylic acids is 1. The van der Waals surface area contributed by atoms with Gasteiger partial charge in [-0.2, -0.15) is 0 Å². The Kier molecular flexibility index (Phi) is 6.04. The van der Waals surface area contributed by atoms with Crippen LogP contribution in [0.3, 0.4) is 0 Å². The summed E-state index contributed by atoms with van der Waals surface area (Å²) >= 11 is 0. The third-order valence-corrected chi connectivity index (χ3v) is 3.47. The van der Waals surface area contributed by atoms with E-state index in [1.807, 2.05) is 18.2 Å². The Morgan fingerprint density at radius 1 is 0.889 bits per heavy atom. The van der Waals surface area contributed by atoms with Crippen molar-refractivity contribution in [3.05, 3.63) is 96.6 Å². The number of aromatic nitrogens is 1. The minimum Gasteiger partial charge on any atom is -0.477 e. The SMILES string of the molecule is O=C(O)C(=C(OCOc1ccccc1)Oc1ccccn1)c1ccccc1. The van der Waals surface area contributed by atoms with Gasteiger partial charge < -0.3 is 19.3 Å². The number of ether oxygens (including phenoxy) is 3. The lowest BCUT2D eigenvalue weighted by Crippen LogP contribution is -2.14. The first-order valence-corrected chi connectivity index (χ1v) is 8.16. The lowest BCUT2D eigenvalue weighted by Gasteiger charge is -2.15. The second-order valence-electron chi connectivity index (χ2n) is 5.32. The second kappa shape index (κ2) is 9.05. The van der Waals surface area contributed by atoms with Crippen LogP contribution in [0.1, 0.15) is 5.56 Å². The summed E-state index contributed by atoms with van der Waals surface area (Å²) in [6, 6.07) is 22.7. The molecule has 1 aromatic heterocycles. The number of rotatable bonds is 8. The van der Waals surface area contributed by atoms with Crippen molar-refractivity contribution in [2.24, 2.45) is 0 Å². The average Bonchev–Trinajstić information content (AvgIpc) is 2.70. The van der Waals surface area contributed by atoms with Gasteiger partial charge in [-0.1, -0.05) is 54.6 Å². The van der Waals surface area contributed by atoms with Gasteiger partial charge in [-0.15, -0.1) is 0 Å². The minimum absolute atomic E-state index is 0.127. The summed E-state index contributed by atoms with van der Waals surface area (Å²) in [5.74, 6) is -0.594. The second-order valence-corrected chi connectivity index (χ2v) is 5.32. The van der Waals surface area contributed by atoms with E-state index in [9.17, 15) is 9.90 Å². The molecule has 0 unspecified atom stereocenters. The number of hydrogen-bond acceptors (Lipinski definition) is 5. The van der Waals surface area contributed by atoms with Crippen LogP contribution < -0.4 is 9.47 Å². The number of pyridine rings is 1. The fourth-order valence-corrected chi connectivity index (χ4v) is 2.26. The molecule has 6 heteroatoms. The van der Waals surface area contributed by atoms with Crippen molar-refractivity contribution >= 4 is 11.5 Å². The van der Waals surface area contributed by atoms with Gasteiger partial charge in [0.2, 0.25) is 12.7 Å². The summed E-state index contributed by atoms with van der Waals surface area (Å²) in [5, 5.41) is 9.71. The molecule has 0 aliphatic heterocycles. The van der Waals surface area contributed by atoms with Gasteiger partial charge in [0.15, 0.2) is 0 Å². The van der Waals surface area contributed by atoms with E-state index in [2.05, 4.69) is 4.98 Å². The van der Waals surface area contributed by atoms with Crippen molar-refractivity contribution in [2.45, 2.75) is 0 Å². The molecule has 27 heavy (non-hydrogen) atoms. The number of hydrogen-bond donors (Lipinski definition) is 1. The van der Waals surface area contributed by atoms with Gasteiger partial charge in [-0.05, 0) is 23.8 Å². The van der Waals surface area contributed by atoms with Crippen LogP contribution in [0.25, 0.3) is 5.57 Å². The summed E-state index contributed by atoms with van der Waals surface area (Å²) in [6.45, 7) is -0.226. The topological polar surface area (TPSA) is 77.9 Å². The summed E-state index contributed by atoms with van der Waals surface area (Å²) < 4.78 is 16.6. The number of benzene rings is 2. The normalized spacial score (nSPS) is 11.3. The van der Waals surface area contributed by atoms with Crippen LogP contribution in [0.5, 0.6) is 11.6 Å². The Morgan fingerprint density at radius 2 is 1.56 bits per heavy atom. The van der Waals surface area contributed by atoms with Crippen molar-refractivity contribution in [2.75, 3.05) is 6.79 Å². The molecule has 0 fully saturated rings. The van der Waals surface area contributed by atoms with E-state index >= 15 is 0 Å². The molecule has 1 N–H and O–H groups in total. The van der Waals surface area contributed by atoms with E-state index in [4.69, 9.17) is 14.2 Å². The highest BCUT2D eigenvalue weighted by atomic mass is 16.7. The van der Waals surface area contributed by atoms with Crippen molar-refractivity contribution in [1.29, 1.82) is 0 Å². The van der Waals surface area contributed by atoms with Gasteiger partial charge in [0.05, 0.1) is 0 Å². The largest absolute Gasteiger partial charge is 0.477 e. The Hall–Kier alpha value is -3.80. The maximum atomic E-state index is 11.9. The first kappa shape index (κ1) is 18.0. The molecular formula is C21H17NO5. The van der Waals surface area contributed by atoms with Gasteiger partial charge >= 0.3 is 11.9 Å². The Labute approximate surface area is 156 Å². The van der Waals surface area contributed by atoms with Crippen LogP contribution in [0, 0.1) is 0 Å². The van der Waals surface area contributed by atoms with E-state index in [1.54, 1.807) is 60.7 Å². The summed E-state index contributed by atoms with van der Waals surface area (Å²) in [5.41, 5.74) is 0.313. The summed E-state index contributed by atoms with van der Waals surface area (Å²) in [4.78, 5) is 15.9. The number of aliphatic carboxylic acids is 1. The molecule has 0 aliphatic carbocycles. The van der Waals surface area contributed by atoms with Crippen LogP contribution in [0.4, 0.5) is 0 Å². The van der Waals surface area contributed by atoms with E-state index in [-0.39, 0.29) is 24.2 Å². The van der Waals surface area contributed by atoms with E-state index in [0.29, 0.717) is 11.3 Å². The average molecular weight is 363 g/mol. The van der Waals surface area contributed by atoms with Crippen LogP contribution in [-0.4, -0.2) is 22.9 Å². The molecular weight excluding hydrogens is 346 g/mol. The maximum absolute atomic E-state index is 11.9. The van der Waals surface area contributed by atoms with Crippen molar-refractivity contribution in [3.8, 4) is 11.6 Å². The molecule has 136 valence electrons. The molecule has 0 saturated heterocycles. The first-order chi connectivity index (χ1) is 13.2. The third kappa shape index (κ3) is 5.09. The van der Waals surface area contributed by atoms with Gasteiger partial charge in [0, 0.05) is 12.3 Å². The Morgan fingerprint density at radius 3 is 2.19 bits per heavy atom. The Bertz CT molecular complexity index is 896. The molecule has 0 spiro atoms. The van der Waals surface area contributed by atoms with Crippen LogP contribution in [0.2, 0.25) is 0 Å². The molecule has 0 atom stereocenters. The van der Waals surface area contributed by atoms with Crippen molar-refractivity contribution in [1.82, 2.24) is 4.98 Å². The predicted octanol–water partition coefficient (Wildman–Crippen LogP) is 3.97. The number of nitrogens with zero attached hydrogens (tertiary/aromatic N) is 1. The quantitative estimate of drug-likeness (QED) is 0.371. The van der Waals surface area contributed by atoms with Gasteiger partial charge in [0.1, 0.15) is 11.3 Å². The molecule has 0 saturated carbocycles. The standard InChI is InChI=1S/C21H17NO5/c23-20(24)19(16-9-3-1-4-10-16)21(27-18-13-7-8-14-22-18)26-15-25-17-11-5-2-6-12-17/h1-14H,15H2,(H,23,24). The lowest BCUT2D eigenvalue weighted by molar-refractivity contribution is -0.130. The van der Waals surface area contributed by atoms with Crippen LogP contribution in [-0.2, 0) is 9.53 Å². The highest BCUT2D eigenvalue weighted by molar-refractivity contribution is 6.15. The highest BCUT2D eigenvalue weighted by Gasteiger charge is 2.21. The lowest BCUT2D eigenvalue weighted by atomic mass is 10.1. The van der Waals surface area contributed by atoms with E-state index < -0.39 is 5.97 Å². The minimum atomic E-state index is -1.19. The van der Waals surface area contributed by atoms with E-state index in [1.165, 1.54) is 6.20 Å². The molecule has 3 rings (SSSR count). The Balaban J connectivity index is 1.88. The smallest absolute Gasteiger partial charge is 0.343 e. The molecule has 1 heterocycles. The zero-order chi connectivity index (χ0) is 18.9. The fraction of sp³-hybridized carbons (Fsp3) is 0.0476.